The van der Waals surface area contributed by atoms with E-state index < -0.39 is 0 Å². The van der Waals surface area contributed by atoms with Gasteiger partial charge in [0, 0.05) is 11.8 Å². The second kappa shape index (κ2) is 6.64. The van der Waals surface area contributed by atoms with Crippen LogP contribution >= 0.6 is 11.8 Å². The minimum absolute atomic E-state index is 0.343. The Bertz CT molecular complexity index is 470. The molecular formula is C15H23N3OS. The van der Waals surface area contributed by atoms with E-state index in [-0.39, 0.29) is 5.54 Å². The summed E-state index contributed by atoms with van der Waals surface area (Å²) in [6, 6.07) is 3.06. The molecule has 20 heavy (non-hydrogen) atoms. The molecule has 0 aromatic carbocycles. The van der Waals surface area contributed by atoms with Crippen molar-refractivity contribution in [1.29, 1.82) is 5.26 Å². The van der Waals surface area contributed by atoms with Crippen LogP contribution in [-0.4, -0.2) is 22.3 Å². The second-order valence-electron chi connectivity index (χ2n) is 5.54. The highest BCUT2D eigenvalue weighted by atomic mass is 32.2. The molecular weight excluding hydrogens is 270 g/mol. The molecule has 1 fully saturated rings. The highest BCUT2D eigenvalue weighted by molar-refractivity contribution is 7.99. The zero-order valence-electron chi connectivity index (χ0n) is 12.5. The summed E-state index contributed by atoms with van der Waals surface area (Å²) in [6.45, 7) is 5.98. The van der Waals surface area contributed by atoms with Gasteiger partial charge in [-0.3, -0.25) is 5.32 Å². The lowest BCUT2D eigenvalue weighted by atomic mass is 9.92. The quantitative estimate of drug-likeness (QED) is 0.586. The molecule has 1 atom stereocenters. The van der Waals surface area contributed by atoms with E-state index in [1.165, 1.54) is 12.8 Å². The molecule has 1 saturated carbocycles. The second-order valence-corrected chi connectivity index (χ2v) is 6.59. The molecule has 1 heterocycles. The fourth-order valence-electron chi connectivity index (χ4n) is 2.18. The lowest BCUT2D eigenvalue weighted by Crippen LogP contribution is -2.44. The van der Waals surface area contributed by atoms with Crippen molar-refractivity contribution in [1.82, 2.24) is 10.3 Å². The third-order valence-electron chi connectivity index (χ3n) is 3.86. The molecule has 1 aliphatic rings. The van der Waals surface area contributed by atoms with E-state index in [1.54, 1.807) is 11.8 Å². The first kappa shape index (κ1) is 15.4. The van der Waals surface area contributed by atoms with Gasteiger partial charge in [-0.05, 0) is 46.0 Å². The van der Waals surface area contributed by atoms with Crippen LogP contribution in [0, 0.1) is 25.2 Å². The van der Waals surface area contributed by atoms with Crippen LogP contribution in [0.25, 0.3) is 0 Å². The summed E-state index contributed by atoms with van der Waals surface area (Å²) >= 11 is 1.64. The predicted octanol–water partition coefficient (Wildman–Crippen LogP) is 3.59. The molecule has 0 bridgehead atoms. The average molecular weight is 293 g/mol. The molecule has 5 heteroatoms. The summed E-state index contributed by atoms with van der Waals surface area (Å²) in [5.74, 6) is 1.83. The number of hydrogen-bond donors (Lipinski definition) is 1. The Morgan fingerprint density at radius 3 is 2.75 bits per heavy atom. The smallest absolute Gasteiger partial charge is 0.256 e. The Hall–Kier alpha value is -0.990. The predicted molar refractivity (Wildman–Crippen MR) is 80.7 cm³/mol. The van der Waals surface area contributed by atoms with E-state index in [2.05, 4.69) is 23.3 Å². The highest BCUT2D eigenvalue weighted by Crippen LogP contribution is 2.28. The maximum absolute atomic E-state index is 9.46. The first-order valence-electron chi connectivity index (χ1n) is 7.34. The van der Waals surface area contributed by atoms with Crippen LogP contribution in [-0.2, 0) is 0 Å². The van der Waals surface area contributed by atoms with Gasteiger partial charge in [-0.25, -0.2) is 4.98 Å². The summed E-state index contributed by atoms with van der Waals surface area (Å²) in [5.41, 5.74) is 0.618. The van der Waals surface area contributed by atoms with Gasteiger partial charge in [-0.15, -0.1) is 0 Å². The van der Waals surface area contributed by atoms with E-state index in [0.29, 0.717) is 6.04 Å². The Labute approximate surface area is 125 Å². The summed E-state index contributed by atoms with van der Waals surface area (Å²) in [5, 5.41) is 13.7. The zero-order valence-corrected chi connectivity index (χ0v) is 13.3. The van der Waals surface area contributed by atoms with Gasteiger partial charge in [0.2, 0.25) is 0 Å². The number of rotatable bonds is 8. The van der Waals surface area contributed by atoms with Crippen molar-refractivity contribution in [2.75, 3.05) is 5.75 Å². The molecule has 1 aliphatic carbocycles. The van der Waals surface area contributed by atoms with E-state index in [4.69, 9.17) is 4.42 Å². The largest absolute Gasteiger partial charge is 0.437 e. The number of nitrogens with one attached hydrogen (secondary N) is 1. The number of aryl methyl sites for hydroxylation is 2. The van der Waals surface area contributed by atoms with Crippen LogP contribution in [0.4, 0.5) is 0 Å². The Kier molecular flexibility index (Phi) is 5.11. The van der Waals surface area contributed by atoms with Gasteiger partial charge < -0.3 is 4.42 Å². The Morgan fingerprint density at radius 1 is 1.50 bits per heavy atom. The van der Waals surface area contributed by atoms with Crippen LogP contribution < -0.4 is 5.32 Å². The molecule has 1 unspecified atom stereocenters. The number of nitrogens with zero attached hydrogens (tertiary/aromatic N) is 2. The summed E-state index contributed by atoms with van der Waals surface area (Å²) in [7, 11) is 0. The fourth-order valence-corrected chi connectivity index (χ4v) is 3.02. The van der Waals surface area contributed by atoms with E-state index in [1.807, 2.05) is 13.8 Å². The summed E-state index contributed by atoms with van der Waals surface area (Å²) < 4.78 is 5.54. The van der Waals surface area contributed by atoms with Crippen molar-refractivity contribution >= 4 is 11.8 Å². The van der Waals surface area contributed by atoms with Crippen LogP contribution in [0.2, 0.25) is 0 Å². The fraction of sp³-hybridized carbons (Fsp3) is 0.733. The van der Waals surface area contributed by atoms with Crippen molar-refractivity contribution in [2.45, 2.75) is 69.7 Å². The molecule has 4 nitrogen and oxygen atoms in total. The number of oxazole rings is 1. The SMILES string of the molecule is CCC(C#N)(CCCSc1nc(C)c(C)o1)NC1CC1. The molecule has 0 spiro atoms. The van der Waals surface area contributed by atoms with Gasteiger partial charge in [0.05, 0.1) is 11.8 Å². The van der Waals surface area contributed by atoms with Gasteiger partial charge in [0.1, 0.15) is 11.3 Å². The molecule has 1 N–H and O–H groups in total. The maximum Gasteiger partial charge on any atom is 0.256 e. The highest BCUT2D eigenvalue weighted by Gasteiger charge is 2.34. The molecule has 2 rings (SSSR count). The molecule has 1 aromatic rings. The van der Waals surface area contributed by atoms with Crippen molar-refractivity contribution in [3.05, 3.63) is 11.5 Å². The van der Waals surface area contributed by atoms with Gasteiger partial charge >= 0.3 is 0 Å². The van der Waals surface area contributed by atoms with Crippen molar-refractivity contribution in [2.24, 2.45) is 0 Å². The normalized spacial score (nSPS) is 17.7. The zero-order chi connectivity index (χ0) is 14.6. The number of aromatic nitrogens is 1. The van der Waals surface area contributed by atoms with E-state index in [0.717, 1.165) is 41.7 Å². The maximum atomic E-state index is 9.46. The lowest BCUT2D eigenvalue weighted by molar-refractivity contribution is 0.367. The summed E-state index contributed by atoms with van der Waals surface area (Å²) in [4.78, 5) is 4.36. The molecule has 0 saturated heterocycles. The van der Waals surface area contributed by atoms with Gasteiger partial charge in [-0.2, -0.15) is 5.26 Å². The van der Waals surface area contributed by atoms with Gasteiger partial charge in [-0.1, -0.05) is 18.7 Å². The average Bonchev–Trinajstić information content (AvgIpc) is 3.19. The van der Waals surface area contributed by atoms with Gasteiger partial charge in [0.25, 0.3) is 5.22 Å². The van der Waals surface area contributed by atoms with Crippen LogP contribution in [0.3, 0.4) is 0 Å². The number of thioether (sulfide) groups is 1. The first-order valence-corrected chi connectivity index (χ1v) is 8.33. The van der Waals surface area contributed by atoms with E-state index >= 15 is 0 Å². The monoisotopic (exact) mass is 293 g/mol. The number of hydrogen-bond acceptors (Lipinski definition) is 5. The van der Waals surface area contributed by atoms with Crippen LogP contribution in [0.15, 0.2) is 9.64 Å². The third-order valence-corrected chi connectivity index (χ3v) is 4.77. The first-order chi connectivity index (χ1) is 9.58. The summed E-state index contributed by atoms with van der Waals surface area (Å²) in [6.07, 6.45) is 5.18. The molecule has 0 amide bonds. The number of nitriles is 1. The minimum atomic E-state index is -0.343. The van der Waals surface area contributed by atoms with Crippen LogP contribution in [0.1, 0.15) is 50.5 Å². The minimum Gasteiger partial charge on any atom is -0.437 e. The molecule has 1 aromatic heterocycles. The molecule has 0 aliphatic heterocycles. The topological polar surface area (TPSA) is 61.9 Å². The van der Waals surface area contributed by atoms with Crippen LogP contribution in [0.5, 0.6) is 0 Å². The third kappa shape index (κ3) is 4.00. The Balaban J connectivity index is 1.77. The molecule has 110 valence electrons. The van der Waals surface area contributed by atoms with Crippen molar-refractivity contribution < 1.29 is 4.42 Å². The van der Waals surface area contributed by atoms with Crippen molar-refractivity contribution in [3.8, 4) is 6.07 Å². The van der Waals surface area contributed by atoms with Gasteiger partial charge in [0.15, 0.2) is 0 Å². The van der Waals surface area contributed by atoms with E-state index in [9.17, 15) is 5.26 Å². The standard InChI is InChI=1S/C15H23N3OS/c1-4-15(10-16,18-13-6-7-13)8-5-9-20-14-17-11(2)12(3)19-14/h13,18H,4-9H2,1-3H3. The van der Waals surface area contributed by atoms with Crippen molar-refractivity contribution in [3.63, 3.8) is 0 Å². The molecule has 0 radical (unpaired) electrons. The lowest BCUT2D eigenvalue weighted by Gasteiger charge is -2.26. The Morgan fingerprint density at radius 2 is 2.25 bits per heavy atom.